The first-order chi connectivity index (χ1) is 25.4. The highest BCUT2D eigenvalue weighted by Gasteiger charge is 2.14. The molecule has 0 saturated carbocycles. The number of hydrogen-bond donors (Lipinski definition) is 0. The lowest BCUT2D eigenvalue weighted by molar-refractivity contribution is 1.46. The van der Waals surface area contributed by atoms with Crippen molar-refractivity contribution in [1.29, 1.82) is 0 Å². The molecule has 0 atom stereocenters. The highest BCUT2D eigenvalue weighted by molar-refractivity contribution is 6.33. The van der Waals surface area contributed by atoms with E-state index in [-0.39, 0.29) is 0 Å². The minimum absolute atomic E-state index is 1.09. The quantitative estimate of drug-likeness (QED) is 0.0860. The van der Waals surface area contributed by atoms with Crippen LogP contribution in [0.1, 0.15) is 54.2 Å². The lowest BCUT2D eigenvalue weighted by Crippen LogP contribution is -1.89. The average molecular weight is 665 g/mol. The smallest absolute Gasteiger partial charge is 0.0402 e. The zero-order chi connectivity index (χ0) is 36.2. The van der Waals surface area contributed by atoms with E-state index in [0.717, 1.165) is 16.7 Å². The van der Waals surface area contributed by atoms with Crippen molar-refractivity contribution in [3.05, 3.63) is 167 Å². The third kappa shape index (κ3) is 6.20. The Hall–Kier alpha value is -6.52. The van der Waals surface area contributed by atoms with Crippen LogP contribution in [0.5, 0.6) is 0 Å². The van der Waals surface area contributed by atoms with Gasteiger partial charge in [-0.2, -0.15) is 0 Å². The number of fused-ring (bicyclic) bond motifs is 4. The Kier molecular flexibility index (Phi) is 9.64. The van der Waals surface area contributed by atoms with Crippen LogP contribution in [-0.4, -0.2) is 0 Å². The van der Waals surface area contributed by atoms with Crippen LogP contribution >= 0.6 is 0 Å². The molecule has 248 valence electrons. The van der Waals surface area contributed by atoms with E-state index in [4.69, 9.17) is 0 Å². The van der Waals surface area contributed by atoms with Crippen LogP contribution < -0.4 is 0 Å². The molecule has 0 spiro atoms. The molecule has 9 rings (SSSR count). The molecule has 0 bridgehead atoms. The van der Waals surface area contributed by atoms with Gasteiger partial charge in [-0.25, -0.2) is 0 Å². The van der Waals surface area contributed by atoms with Crippen molar-refractivity contribution in [1.82, 2.24) is 0 Å². The summed E-state index contributed by atoms with van der Waals surface area (Å²) in [5.74, 6) is 18.5. The van der Waals surface area contributed by atoms with Gasteiger partial charge >= 0.3 is 0 Å². The molecule has 0 heteroatoms. The van der Waals surface area contributed by atoms with E-state index >= 15 is 0 Å². The van der Waals surface area contributed by atoms with Crippen molar-refractivity contribution in [2.45, 2.75) is 41.5 Å². The number of aryl methyl sites for hydroxylation is 3. The van der Waals surface area contributed by atoms with Gasteiger partial charge in [-0.05, 0) is 136 Å². The monoisotopic (exact) mass is 664 g/mol. The zero-order valence-corrected chi connectivity index (χ0v) is 30.7. The molecule has 0 unspecified atom stereocenters. The molecule has 0 fully saturated rings. The maximum Gasteiger partial charge on any atom is 0.0402 e. The molecule has 0 N–H and O–H groups in total. The lowest BCUT2D eigenvalue weighted by atomic mass is 9.87. The summed E-state index contributed by atoms with van der Waals surface area (Å²) in [7, 11) is 0. The second-order valence-corrected chi connectivity index (χ2v) is 13.1. The van der Waals surface area contributed by atoms with Crippen molar-refractivity contribution >= 4 is 64.6 Å². The highest BCUT2D eigenvalue weighted by Crippen LogP contribution is 2.41. The third-order valence-corrected chi connectivity index (χ3v) is 9.91. The maximum atomic E-state index is 3.27. The van der Waals surface area contributed by atoms with Crippen molar-refractivity contribution < 1.29 is 0 Å². The molecule has 0 heterocycles. The van der Waals surface area contributed by atoms with E-state index < -0.39 is 0 Å². The largest absolute Gasteiger partial charge is 0.101 e. The molecule has 9 aromatic carbocycles. The summed E-state index contributed by atoms with van der Waals surface area (Å²) in [6, 6.07) is 47.4. The van der Waals surface area contributed by atoms with Gasteiger partial charge in [0.25, 0.3) is 0 Å². The highest BCUT2D eigenvalue weighted by atomic mass is 14.2. The van der Waals surface area contributed by atoms with E-state index in [0.29, 0.717) is 0 Å². The summed E-state index contributed by atoms with van der Waals surface area (Å²) in [5.41, 5.74) is 7.30. The van der Waals surface area contributed by atoms with Crippen LogP contribution in [0.25, 0.3) is 64.6 Å². The minimum atomic E-state index is 1.09. The topological polar surface area (TPSA) is 0 Å². The van der Waals surface area contributed by atoms with Gasteiger partial charge in [0, 0.05) is 16.7 Å². The van der Waals surface area contributed by atoms with Crippen LogP contribution in [0.2, 0.25) is 0 Å². The Morgan fingerprint density at radius 3 is 1.38 bits per heavy atom. The maximum absolute atomic E-state index is 3.27. The summed E-state index contributed by atoms with van der Waals surface area (Å²) in [4.78, 5) is 0. The summed E-state index contributed by atoms with van der Waals surface area (Å²) in [5, 5.41) is 15.8. The van der Waals surface area contributed by atoms with Crippen LogP contribution in [0.15, 0.2) is 133 Å². The Bertz CT molecular complexity index is 2880. The van der Waals surface area contributed by atoms with E-state index in [2.05, 4.69) is 178 Å². The van der Waals surface area contributed by atoms with Crippen LogP contribution in [0.4, 0.5) is 0 Å². The fraction of sp³-hybridized carbons (Fsp3) is 0.115. The molecular weight excluding hydrogens is 625 g/mol. The molecule has 0 aliphatic heterocycles. The standard InChI is InChI=1S/C24H16.C18H14.C10H10/c1-3-6-16-12-14-22-19-9-4-7-17-15(2)11-13-21(23(17)19)20-10-5-8-18(16)24(20)22;1-3-8-16-17-11-6-4-9-14(17)13(2)15-10-5-7-12-18(15)16;1-3-4-10-7-5-9(2)6-8-10/h4-5,7-14H,1-2H3;4-7,9-12H,1-2H3;5-8H,1-2H3. The normalized spacial score (nSPS) is 10.4. The lowest BCUT2D eigenvalue weighted by Gasteiger charge is -2.16. The van der Waals surface area contributed by atoms with Gasteiger partial charge in [0.2, 0.25) is 0 Å². The van der Waals surface area contributed by atoms with Crippen molar-refractivity contribution in [3.63, 3.8) is 0 Å². The molecule has 0 aliphatic carbocycles. The minimum Gasteiger partial charge on any atom is -0.101 e. The first kappa shape index (κ1) is 34.0. The van der Waals surface area contributed by atoms with Gasteiger partial charge in [-0.15, -0.1) is 17.8 Å². The molecule has 52 heavy (non-hydrogen) atoms. The molecule has 0 saturated heterocycles. The van der Waals surface area contributed by atoms with Crippen molar-refractivity contribution in [2.24, 2.45) is 0 Å². The summed E-state index contributed by atoms with van der Waals surface area (Å²) < 4.78 is 0. The summed E-state index contributed by atoms with van der Waals surface area (Å²) >= 11 is 0. The van der Waals surface area contributed by atoms with Gasteiger partial charge in [0.05, 0.1) is 0 Å². The van der Waals surface area contributed by atoms with Gasteiger partial charge in [-0.3, -0.25) is 0 Å². The first-order valence-corrected chi connectivity index (χ1v) is 17.8. The van der Waals surface area contributed by atoms with Gasteiger partial charge in [0.15, 0.2) is 0 Å². The second-order valence-electron chi connectivity index (χ2n) is 13.1. The fourth-order valence-electron chi connectivity index (χ4n) is 7.49. The van der Waals surface area contributed by atoms with Crippen molar-refractivity contribution in [3.8, 4) is 35.5 Å². The predicted octanol–water partition coefficient (Wildman–Crippen LogP) is 13.5. The van der Waals surface area contributed by atoms with Crippen LogP contribution in [-0.2, 0) is 0 Å². The predicted molar refractivity (Wildman–Crippen MR) is 227 cm³/mol. The van der Waals surface area contributed by atoms with Crippen LogP contribution in [0, 0.1) is 56.3 Å². The second kappa shape index (κ2) is 14.8. The Labute approximate surface area is 307 Å². The number of hydrogen-bond acceptors (Lipinski definition) is 0. The molecular formula is C52H40. The van der Waals surface area contributed by atoms with E-state index in [1.807, 2.05) is 32.9 Å². The van der Waals surface area contributed by atoms with Gasteiger partial charge in [-0.1, -0.05) is 139 Å². The average Bonchev–Trinajstić information content (AvgIpc) is 3.18. The van der Waals surface area contributed by atoms with Crippen LogP contribution in [0.3, 0.4) is 0 Å². The van der Waals surface area contributed by atoms with Gasteiger partial charge < -0.3 is 0 Å². The van der Waals surface area contributed by atoms with Crippen molar-refractivity contribution in [2.75, 3.05) is 0 Å². The Balaban J connectivity index is 0.000000132. The van der Waals surface area contributed by atoms with E-state index in [9.17, 15) is 0 Å². The summed E-state index contributed by atoms with van der Waals surface area (Å²) in [6.07, 6.45) is 0. The summed E-state index contributed by atoms with van der Waals surface area (Å²) in [6.45, 7) is 12.1. The zero-order valence-electron chi connectivity index (χ0n) is 30.7. The molecule has 0 aliphatic rings. The van der Waals surface area contributed by atoms with E-state index in [1.54, 1.807) is 0 Å². The third-order valence-electron chi connectivity index (χ3n) is 9.91. The molecule has 0 radical (unpaired) electrons. The molecule has 9 aromatic rings. The number of benzene rings is 9. The molecule has 0 amide bonds. The first-order valence-electron chi connectivity index (χ1n) is 17.8. The Morgan fingerprint density at radius 1 is 0.346 bits per heavy atom. The molecule has 0 aromatic heterocycles. The molecule has 0 nitrogen and oxygen atoms in total. The van der Waals surface area contributed by atoms with E-state index in [1.165, 1.54) is 81.3 Å². The SMILES string of the molecule is CC#Cc1c2ccccc2c(C)c2ccccc12.CC#Cc1ccc(C)cc1.CC#Cc1ccc2c3cccc4c(C)ccc(c5cccc1c52)c43. The Morgan fingerprint density at radius 2 is 0.808 bits per heavy atom. The van der Waals surface area contributed by atoms with Gasteiger partial charge in [0.1, 0.15) is 0 Å². The number of rotatable bonds is 0. The fourth-order valence-corrected chi connectivity index (χ4v) is 7.49.